The molecule has 168 valence electrons. The third-order valence-electron chi connectivity index (χ3n) is 5.13. The van der Waals surface area contributed by atoms with Crippen molar-refractivity contribution in [3.05, 3.63) is 95.3 Å². The minimum atomic E-state index is -1.17. The molecule has 33 heavy (non-hydrogen) atoms. The van der Waals surface area contributed by atoms with Crippen molar-refractivity contribution in [2.24, 2.45) is 0 Å². The topological polar surface area (TPSA) is 79.7 Å². The van der Waals surface area contributed by atoms with Gasteiger partial charge < -0.3 is 9.84 Å². The van der Waals surface area contributed by atoms with E-state index in [-0.39, 0.29) is 17.4 Å². The van der Waals surface area contributed by atoms with Crippen molar-refractivity contribution in [2.75, 3.05) is 4.90 Å². The molecule has 0 radical (unpaired) electrons. The number of amides is 1. The van der Waals surface area contributed by atoms with Crippen LogP contribution in [0.1, 0.15) is 31.0 Å². The summed E-state index contributed by atoms with van der Waals surface area (Å²) in [7, 11) is 0. The number of anilines is 1. The first-order valence-electron chi connectivity index (χ1n) is 10.2. The van der Waals surface area contributed by atoms with Crippen LogP contribution in [0.4, 0.5) is 14.5 Å². The van der Waals surface area contributed by atoms with Crippen LogP contribution < -0.4 is 9.64 Å². The smallest absolute Gasteiger partial charge is 0.300 e. The number of halogens is 2. The molecule has 0 spiro atoms. The maximum atomic E-state index is 14.0. The summed E-state index contributed by atoms with van der Waals surface area (Å²) < 4.78 is 33.1. The molecule has 1 aliphatic rings. The van der Waals surface area contributed by atoms with E-state index < -0.39 is 35.1 Å². The maximum Gasteiger partial charge on any atom is 0.300 e. The quantitative estimate of drug-likeness (QED) is 0.344. The number of hydrogen-bond donors (Lipinski definition) is 1. The molecule has 0 aliphatic carbocycles. The number of ketones is 1. The fraction of sp³-hybridized carbons (Fsp3) is 0.160. The fourth-order valence-electron chi connectivity index (χ4n) is 3.71. The van der Waals surface area contributed by atoms with Crippen molar-refractivity contribution >= 4 is 23.1 Å². The van der Waals surface area contributed by atoms with E-state index in [1.165, 1.54) is 18.5 Å². The van der Waals surface area contributed by atoms with Crippen LogP contribution in [-0.2, 0) is 9.59 Å². The van der Waals surface area contributed by atoms with Gasteiger partial charge in [-0.3, -0.25) is 19.5 Å². The molecule has 8 heteroatoms. The van der Waals surface area contributed by atoms with Gasteiger partial charge in [0.25, 0.3) is 11.7 Å². The number of aliphatic hydroxyl groups is 1. The highest BCUT2D eigenvalue weighted by atomic mass is 19.2. The molecule has 1 amide bonds. The lowest BCUT2D eigenvalue weighted by Gasteiger charge is -2.25. The second-order valence-corrected chi connectivity index (χ2v) is 7.74. The molecule has 1 aromatic heterocycles. The summed E-state index contributed by atoms with van der Waals surface area (Å²) in [6.07, 6.45) is 2.91. The Morgan fingerprint density at radius 2 is 1.79 bits per heavy atom. The zero-order valence-corrected chi connectivity index (χ0v) is 17.8. The number of aliphatic hydroxyl groups excluding tert-OH is 1. The van der Waals surface area contributed by atoms with Gasteiger partial charge in [-0.1, -0.05) is 6.07 Å². The van der Waals surface area contributed by atoms with Gasteiger partial charge >= 0.3 is 0 Å². The molecule has 2 aromatic carbocycles. The van der Waals surface area contributed by atoms with Crippen LogP contribution >= 0.6 is 0 Å². The highest BCUT2D eigenvalue weighted by Crippen LogP contribution is 2.42. The number of carbonyl (C=O) groups is 2. The van der Waals surface area contributed by atoms with Gasteiger partial charge in [0.2, 0.25) is 0 Å². The highest BCUT2D eigenvalue weighted by molar-refractivity contribution is 6.51. The molecule has 0 bridgehead atoms. The predicted octanol–water partition coefficient (Wildman–Crippen LogP) is 4.77. The molecule has 1 N–H and O–H groups in total. The third kappa shape index (κ3) is 4.19. The number of carbonyl (C=O) groups excluding carboxylic acids is 2. The number of nitrogens with zero attached hydrogens (tertiary/aromatic N) is 2. The largest absolute Gasteiger partial charge is 0.507 e. The van der Waals surface area contributed by atoms with E-state index in [1.54, 1.807) is 36.4 Å². The van der Waals surface area contributed by atoms with Gasteiger partial charge in [0.1, 0.15) is 11.5 Å². The Hall–Kier alpha value is -4.07. The zero-order chi connectivity index (χ0) is 23.7. The van der Waals surface area contributed by atoms with E-state index in [4.69, 9.17) is 4.74 Å². The molecule has 2 heterocycles. The second kappa shape index (κ2) is 8.82. The molecule has 4 rings (SSSR count). The molecule has 6 nitrogen and oxygen atoms in total. The number of ether oxygens (including phenoxy) is 1. The molecular weight excluding hydrogens is 430 g/mol. The fourth-order valence-corrected chi connectivity index (χ4v) is 3.71. The van der Waals surface area contributed by atoms with E-state index in [9.17, 15) is 23.5 Å². The van der Waals surface area contributed by atoms with E-state index in [0.29, 0.717) is 16.9 Å². The summed E-state index contributed by atoms with van der Waals surface area (Å²) >= 11 is 0. The normalized spacial score (nSPS) is 17.6. The minimum Gasteiger partial charge on any atom is -0.507 e. The molecule has 1 atom stereocenters. The van der Waals surface area contributed by atoms with Crippen LogP contribution in [0.15, 0.2) is 72.6 Å². The van der Waals surface area contributed by atoms with Crippen molar-refractivity contribution in [2.45, 2.75) is 26.0 Å². The molecule has 3 aromatic rings. The van der Waals surface area contributed by atoms with Gasteiger partial charge in [-0.25, -0.2) is 8.78 Å². The van der Waals surface area contributed by atoms with E-state index in [2.05, 4.69) is 4.98 Å². The monoisotopic (exact) mass is 450 g/mol. The summed E-state index contributed by atoms with van der Waals surface area (Å²) in [6.45, 7) is 3.75. The first kappa shape index (κ1) is 22.1. The van der Waals surface area contributed by atoms with Gasteiger partial charge in [-0.15, -0.1) is 0 Å². The lowest BCUT2D eigenvalue weighted by molar-refractivity contribution is -0.132. The van der Waals surface area contributed by atoms with Gasteiger partial charge in [0, 0.05) is 29.7 Å². The summed E-state index contributed by atoms with van der Waals surface area (Å²) in [5.74, 6) is -4.00. The lowest BCUT2D eigenvalue weighted by Crippen LogP contribution is -2.29. The Morgan fingerprint density at radius 1 is 1.06 bits per heavy atom. The highest BCUT2D eigenvalue weighted by Gasteiger charge is 2.47. The van der Waals surface area contributed by atoms with Crippen LogP contribution in [0.2, 0.25) is 0 Å². The Morgan fingerprint density at radius 3 is 2.39 bits per heavy atom. The molecule has 0 saturated carbocycles. The average Bonchev–Trinajstić information content (AvgIpc) is 3.06. The molecule has 1 fully saturated rings. The summed E-state index contributed by atoms with van der Waals surface area (Å²) in [5.41, 5.74) is 0.505. The van der Waals surface area contributed by atoms with Crippen LogP contribution in [0.5, 0.6) is 5.75 Å². The molecule has 1 saturated heterocycles. The van der Waals surface area contributed by atoms with Crippen molar-refractivity contribution in [1.29, 1.82) is 0 Å². The third-order valence-corrected chi connectivity index (χ3v) is 5.13. The number of hydrogen-bond acceptors (Lipinski definition) is 5. The number of Topliss-reactive ketones (excluding diaryl/α,β-unsaturated/α-hetero) is 1. The molecule has 1 aliphatic heterocycles. The second-order valence-electron chi connectivity index (χ2n) is 7.74. The van der Waals surface area contributed by atoms with Gasteiger partial charge in [-0.2, -0.15) is 0 Å². The van der Waals surface area contributed by atoms with Crippen LogP contribution in [0, 0.1) is 11.6 Å². The lowest BCUT2D eigenvalue weighted by atomic mass is 9.96. The van der Waals surface area contributed by atoms with Gasteiger partial charge in [-0.05, 0) is 61.9 Å². The van der Waals surface area contributed by atoms with Crippen molar-refractivity contribution in [1.82, 2.24) is 4.98 Å². The first-order chi connectivity index (χ1) is 15.8. The van der Waals surface area contributed by atoms with E-state index in [0.717, 1.165) is 17.0 Å². The predicted molar refractivity (Wildman–Crippen MR) is 118 cm³/mol. The minimum absolute atomic E-state index is 0.0235. The van der Waals surface area contributed by atoms with E-state index in [1.807, 2.05) is 13.8 Å². The number of rotatable bonds is 5. The number of benzene rings is 2. The average molecular weight is 450 g/mol. The number of aromatic nitrogens is 1. The van der Waals surface area contributed by atoms with Crippen LogP contribution in [0.25, 0.3) is 5.76 Å². The van der Waals surface area contributed by atoms with Gasteiger partial charge in [0.05, 0.1) is 17.7 Å². The Labute approximate surface area is 188 Å². The molecule has 1 unspecified atom stereocenters. The summed E-state index contributed by atoms with van der Waals surface area (Å²) in [4.78, 5) is 31.1. The summed E-state index contributed by atoms with van der Waals surface area (Å²) in [6, 6.07) is 11.5. The first-order valence-corrected chi connectivity index (χ1v) is 10.2. The van der Waals surface area contributed by atoms with Gasteiger partial charge in [0.15, 0.2) is 11.6 Å². The summed E-state index contributed by atoms with van der Waals surface area (Å²) in [5, 5.41) is 11.1. The van der Waals surface area contributed by atoms with Crippen LogP contribution in [0.3, 0.4) is 0 Å². The Bertz CT molecular complexity index is 1240. The Kier molecular flexibility index (Phi) is 5.91. The maximum absolute atomic E-state index is 14.0. The zero-order valence-electron chi connectivity index (χ0n) is 17.8. The van der Waals surface area contributed by atoms with Crippen molar-refractivity contribution in [3.63, 3.8) is 0 Å². The Balaban J connectivity index is 1.86. The standard InChI is InChI=1S/C25H20F2N2O4/c1-14(2)33-18-8-5-15(6-9-18)23(30)21-22(16-4-3-11-28-13-16)29(25(32)24(21)31)17-7-10-19(26)20(27)12-17/h3-14,22,30H,1-2H3/b23-21+. The number of pyridine rings is 1. The van der Waals surface area contributed by atoms with E-state index >= 15 is 0 Å². The van der Waals surface area contributed by atoms with Crippen LogP contribution in [-0.4, -0.2) is 27.9 Å². The molecular formula is C25H20F2N2O4. The van der Waals surface area contributed by atoms with Crippen molar-refractivity contribution < 1.29 is 28.2 Å². The SMILES string of the molecule is CC(C)Oc1ccc(/C(O)=C2\C(=O)C(=O)N(c3ccc(F)c(F)c3)C2c2cccnc2)cc1. The van der Waals surface area contributed by atoms with Crippen molar-refractivity contribution in [3.8, 4) is 5.75 Å².